The van der Waals surface area contributed by atoms with Gasteiger partial charge in [-0.2, -0.15) is 0 Å². The highest BCUT2D eigenvalue weighted by atomic mass is 79.9. The van der Waals surface area contributed by atoms with Gasteiger partial charge in [-0.1, -0.05) is 15.9 Å². The van der Waals surface area contributed by atoms with E-state index < -0.39 is 23.2 Å². The maximum Gasteiger partial charge on any atom is 0.408 e. The Labute approximate surface area is 161 Å². The lowest BCUT2D eigenvalue weighted by atomic mass is 9.99. The smallest absolute Gasteiger partial charge is 0.408 e. The van der Waals surface area contributed by atoms with Crippen molar-refractivity contribution < 1.29 is 24.2 Å². The summed E-state index contributed by atoms with van der Waals surface area (Å²) in [5.41, 5.74) is -1.05. The second-order valence-electron chi connectivity index (χ2n) is 7.43. The van der Waals surface area contributed by atoms with Gasteiger partial charge in [0.2, 0.25) is 0 Å². The predicted molar refractivity (Wildman–Crippen MR) is 100 cm³/mol. The van der Waals surface area contributed by atoms with Crippen LogP contribution in [0.5, 0.6) is 5.75 Å². The molecule has 26 heavy (non-hydrogen) atoms. The lowest BCUT2D eigenvalue weighted by molar-refractivity contribution is -0.144. The monoisotopic (exact) mass is 428 g/mol. The highest BCUT2D eigenvalue weighted by Gasteiger charge is 2.47. The summed E-state index contributed by atoms with van der Waals surface area (Å²) in [6.45, 7) is 6.50. The molecule has 0 aliphatic carbocycles. The first-order valence-corrected chi connectivity index (χ1v) is 9.13. The van der Waals surface area contributed by atoms with Crippen molar-refractivity contribution in [2.45, 2.75) is 44.9 Å². The van der Waals surface area contributed by atoms with Crippen LogP contribution in [0.4, 0.5) is 4.79 Å². The number of alkyl carbamates (subject to hydrolysis) is 1. The molecule has 1 fully saturated rings. The van der Waals surface area contributed by atoms with Crippen LogP contribution >= 0.6 is 15.9 Å². The normalized spacial score (nSPS) is 20.7. The van der Waals surface area contributed by atoms with Crippen molar-refractivity contribution in [1.29, 1.82) is 0 Å². The van der Waals surface area contributed by atoms with Gasteiger partial charge in [-0.25, -0.2) is 9.59 Å². The molecule has 0 radical (unpaired) electrons. The van der Waals surface area contributed by atoms with E-state index in [4.69, 9.17) is 9.47 Å². The minimum atomic E-state index is -1.35. The lowest BCUT2D eigenvalue weighted by Crippen LogP contribution is -2.57. The van der Waals surface area contributed by atoms with Gasteiger partial charge in [0.15, 0.2) is 5.54 Å². The van der Waals surface area contributed by atoms with E-state index in [0.717, 1.165) is 15.8 Å². The zero-order valence-corrected chi connectivity index (χ0v) is 17.1. The first-order valence-electron chi connectivity index (χ1n) is 8.34. The van der Waals surface area contributed by atoms with Gasteiger partial charge >= 0.3 is 12.1 Å². The molecular formula is C18H25BrN2O5. The Morgan fingerprint density at radius 3 is 2.65 bits per heavy atom. The highest BCUT2D eigenvalue weighted by Crippen LogP contribution is 2.28. The van der Waals surface area contributed by atoms with Gasteiger partial charge in [0, 0.05) is 24.1 Å². The molecule has 8 heteroatoms. The number of carboxylic acids is 1. The molecule has 2 rings (SSSR count). The summed E-state index contributed by atoms with van der Waals surface area (Å²) in [4.78, 5) is 25.9. The van der Waals surface area contributed by atoms with Gasteiger partial charge in [0.05, 0.1) is 7.11 Å². The number of hydrogen-bond acceptors (Lipinski definition) is 5. The molecular weight excluding hydrogens is 404 g/mol. The maximum atomic E-state index is 12.1. The highest BCUT2D eigenvalue weighted by molar-refractivity contribution is 9.10. The molecule has 0 bridgehead atoms. The minimum Gasteiger partial charge on any atom is -0.497 e. The summed E-state index contributed by atoms with van der Waals surface area (Å²) in [5, 5.41) is 12.3. The van der Waals surface area contributed by atoms with Crippen molar-refractivity contribution in [1.82, 2.24) is 10.2 Å². The second kappa shape index (κ2) is 7.84. The number of methoxy groups -OCH3 is 1. The molecule has 1 aromatic rings. The van der Waals surface area contributed by atoms with Gasteiger partial charge in [-0.15, -0.1) is 0 Å². The lowest BCUT2D eigenvalue weighted by Gasteiger charge is -2.28. The molecule has 1 saturated heterocycles. The number of aliphatic carboxylic acids is 1. The fourth-order valence-corrected chi connectivity index (χ4v) is 3.26. The van der Waals surface area contributed by atoms with E-state index in [1.165, 1.54) is 0 Å². The quantitative estimate of drug-likeness (QED) is 0.749. The van der Waals surface area contributed by atoms with E-state index in [1.54, 1.807) is 27.9 Å². The van der Waals surface area contributed by atoms with E-state index in [0.29, 0.717) is 19.5 Å². The van der Waals surface area contributed by atoms with Crippen LogP contribution in [-0.4, -0.2) is 53.4 Å². The molecule has 0 spiro atoms. The van der Waals surface area contributed by atoms with Crippen molar-refractivity contribution in [2.75, 3.05) is 20.2 Å². The number of hydrogen-bond donors (Lipinski definition) is 2. The number of carbonyl (C=O) groups is 2. The molecule has 0 aromatic heterocycles. The average molecular weight is 429 g/mol. The predicted octanol–water partition coefficient (Wildman–Crippen LogP) is 3.01. The van der Waals surface area contributed by atoms with Crippen molar-refractivity contribution in [2.24, 2.45) is 0 Å². The third-order valence-corrected chi connectivity index (χ3v) is 4.92. The molecule has 144 valence electrons. The number of amides is 1. The zero-order chi connectivity index (χ0) is 19.5. The van der Waals surface area contributed by atoms with Gasteiger partial charge < -0.3 is 19.9 Å². The molecule has 1 aromatic carbocycles. The first kappa shape index (κ1) is 20.5. The Morgan fingerprint density at radius 2 is 2.08 bits per heavy atom. The number of rotatable bonds is 5. The summed E-state index contributed by atoms with van der Waals surface area (Å²) < 4.78 is 11.4. The van der Waals surface area contributed by atoms with Crippen LogP contribution in [0.1, 0.15) is 32.8 Å². The number of likely N-dealkylation sites (tertiary alicyclic amines) is 1. The van der Waals surface area contributed by atoms with Crippen LogP contribution in [0.15, 0.2) is 22.7 Å². The average Bonchev–Trinajstić information content (AvgIpc) is 2.91. The van der Waals surface area contributed by atoms with Crippen LogP contribution in [0, 0.1) is 0 Å². The van der Waals surface area contributed by atoms with Crippen LogP contribution < -0.4 is 10.1 Å². The Balaban J connectivity index is 2.10. The summed E-state index contributed by atoms with van der Waals surface area (Å²) >= 11 is 3.51. The number of ether oxygens (including phenoxy) is 2. The van der Waals surface area contributed by atoms with Crippen molar-refractivity contribution in [3.8, 4) is 5.75 Å². The molecule has 1 heterocycles. The van der Waals surface area contributed by atoms with E-state index in [-0.39, 0.29) is 6.54 Å². The fraction of sp³-hybridized carbons (Fsp3) is 0.556. The van der Waals surface area contributed by atoms with Gasteiger partial charge in [-0.3, -0.25) is 4.90 Å². The molecule has 1 aliphatic rings. The van der Waals surface area contributed by atoms with Crippen molar-refractivity contribution in [3.63, 3.8) is 0 Å². The SMILES string of the molecule is COc1ccc(Br)c(CN2CCC(NC(=O)OC(C)(C)C)(C(=O)O)C2)c1. The summed E-state index contributed by atoms with van der Waals surface area (Å²) in [7, 11) is 1.60. The summed E-state index contributed by atoms with van der Waals surface area (Å²) in [6.07, 6.45) is -0.410. The Kier molecular flexibility index (Phi) is 6.18. The fourth-order valence-electron chi connectivity index (χ4n) is 2.89. The van der Waals surface area contributed by atoms with E-state index >= 15 is 0 Å². The number of nitrogens with one attached hydrogen (secondary N) is 1. The number of nitrogens with zero attached hydrogens (tertiary/aromatic N) is 1. The first-order chi connectivity index (χ1) is 12.0. The Bertz CT molecular complexity index is 689. The second-order valence-corrected chi connectivity index (χ2v) is 8.29. The van der Waals surface area contributed by atoms with Gasteiger partial charge in [-0.05, 0) is 51.0 Å². The van der Waals surface area contributed by atoms with Crippen molar-refractivity contribution in [3.05, 3.63) is 28.2 Å². The zero-order valence-electron chi connectivity index (χ0n) is 15.5. The van der Waals surface area contributed by atoms with Crippen LogP contribution in [0.25, 0.3) is 0 Å². The Hall–Kier alpha value is -1.80. The number of benzene rings is 1. The molecule has 1 amide bonds. The largest absolute Gasteiger partial charge is 0.497 e. The molecule has 1 aliphatic heterocycles. The van der Waals surface area contributed by atoms with Crippen molar-refractivity contribution >= 4 is 28.0 Å². The van der Waals surface area contributed by atoms with Crippen LogP contribution in [-0.2, 0) is 16.1 Å². The van der Waals surface area contributed by atoms with E-state index in [9.17, 15) is 14.7 Å². The number of carboxylic acid groups (broad SMARTS) is 1. The molecule has 1 unspecified atom stereocenters. The molecule has 7 nitrogen and oxygen atoms in total. The summed E-state index contributed by atoms with van der Waals surface area (Å²) in [5.74, 6) is -0.325. The Morgan fingerprint density at radius 1 is 1.38 bits per heavy atom. The van der Waals surface area contributed by atoms with Crippen LogP contribution in [0.2, 0.25) is 0 Å². The maximum absolute atomic E-state index is 12.1. The van der Waals surface area contributed by atoms with E-state index in [2.05, 4.69) is 21.2 Å². The summed E-state index contributed by atoms with van der Waals surface area (Å²) in [6, 6.07) is 5.66. The molecule has 0 saturated carbocycles. The number of carbonyl (C=O) groups excluding carboxylic acids is 1. The molecule has 1 atom stereocenters. The van der Waals surface area contributed by atoms with E-state index in [1.807, 2.05) is 23.1 Å². The van der Waals surface area contributed by atoms with Gasteiger partial charge in [0.25, 0.3) is 0 Å². The topological polar surface area (TPSA) is 88.1 Å². The van der Waals surface area contributed by atoms with Crippen LogP contribution in [0.3, 0.4) is 0 Å². The minimum absolute atomic E-state index is 0.200. The third-order valence-electron chi connectivity index (χ3n) is 4.14. The molecule has 2 N–H and O–H groups in total. The number of halogens is 1. The third kappa shape index (κ3) is 5.11. The van der Waals surface area contributed by atoms with Gasteiger partial charge in [0.1, 0.15) is 11.4 Å². The standard InChI is InChI=1S/C18H25BrN2O5/c1-17(2,3)26-16(24)20-18(15(22)23)7-8-21(11-18)10-12-9-13(25-4)5-6-14(12)19/h5-6,9H,7-8,10-11H2,1-4H3,(H,20,24)(H,22,23).